The third-order valence-electron chi connectivity index (χ3n) is 3.24. The highest BCUT2D eigenvalue weighted by Crippen LogP contribution is 2.27. The molecule has 2 aromatic carbocycles. The van der Waals surface area contributed by atoms with Gasteiger partial charge in [-0.15, -0.1) is 0 Å². The van der Waals surface area contributed by atoms with Gasteiger partial charge in [0.2, 0.25) is 0 Å². The molecule has 3 rings (SSSR count). The van der Waals surface area contributed by atoms with Crippen LogP contribution in [-0.4, -0.2) is 11.9 Å². The Bertz CT molecular complexity index is 670. The van der Waals surface area contributed by atoms with E-state index in [4.69, 9.17) is 4.74 Å². The number of hydrogen-bond donors (Lipinski definition) is 2. The lowest BCUT2D eigenvalue weighted by atomic mass is 10.1. The topological polar surface area (TPSA) is 67.4 Å². The fraction of sp³-hybridized carbons (Fsp3) is 0.125. The number of nitrogens with one attached hydrogen (secondary N) is 2. The average Bonchev–Trinajstić information content (AvgIpc) is 2.85. The zero-order valence-corrected chi connectivity index (χ0v) is 11.2. The number of para-hydroxylation sites is 1. The predicted molar refractivity (Wildman–Crippen MR) is 76.6 cm³/mol. The average molecular weight is 282 g/mol. The molecule has 1 fully saturated rings. The number of hydrogen-bond acceptors (Lipinski definition) is 3. The van der Waals surface area contributed by atoms with E-state index in [0.29, 0.717) is 17.9 Å². The maximum absolute atomic E-state index is 11.8. The number of carbonyl (C=O) groups is 2. The van der Waals surface area contributed by atoms with Crippen molar-refractivity contribution in [3.63, 3.8) is 0 Å². The van der Waals surface area contributed by atoms with Gasteiger partial charge < -0.3 is 10.1 Å². The van der Waals surface area contributed by atoms with Gasteiger partial charge >= 0.3 is 6.03 Å². The van der Waals surface area contributed by atoms with Gasteiger partial charge in [0, 0.05) is 5.56 Å². The summed E-state index contributed by atoms with van der Waals surface area (Å²) < 4.78 is 5.79. The molecule has 0 aliphatic carbocycles. The SMILES string of the molecule is O=C1NC(=O)[C@@H](c2ccccc2OCc2ccccc2)N1. The van der Waals surface area contributed by atoms with Crippen molar-refractivity contribution in [1.82, 2.24) is 10.6 Å². The van der Waals surface area contributed by atoms with Crippen molar-refractivity contribution >= 4 is 11.9 Å². The molecule has 0 unspecified atom stereocenters. The lowest BCUT2D eigenvalue weighted by Crippen LogP contribution is -2.22. The van der Waals surface area contributed by atoms with E-state index in [1.165, 1.54) is 0 Å². The summed E-state index contributed by atoms with van der Waals surface area (Å²) in [5.41, 5.74) is 1.68. The molecule has 0 radical (unpaired) electrons. The van der Waals surface area contributed by atoms with Crippen molar-refractivity contribution in [1.29, 1.82) is 0 Å². The molecule has 0 spiro atoms. The fourth-order valence-electron chi connectivity index (χ4n) is 2.22. The summed E-state index contributed by atoms with van der Waals surface area (Å²) in [6, 6.07) is 15.8. The Labute approximate surface area is 121 Å². The first kappa shape index (κ1) is 13.2. The van der Waals surface area contributed by atoms with Crippen molar-refractivity contribution in [3.05, 3.63) is 65.7 Å². The summed E-state index contributed by atoms with van der Waals surface area (Å²) in [6.45, 7) is 0.403. The Kier molecular flexibility index (Phi) is 3.55. The maximum Gasteiger partial charge on any atom is 0.322 e. The van der Waals surface area contributed by atoms with Gasteiger partial charge in [-0.25, -0.2) is 4.79 Å². The summed E-state index contributed by atoms with van der Waals surface area (Å²) in [4.78, 5) is 23.0. The Morgan fingerprint density at radius 2 is 1.67 bits per heavy atom. The van der Waals surface area contributed by atoms with Crippen LogP contribution in [0.15, 0.2) is 54.6 Å². The standard InChI is InChI=1S/C16H14N2O3/c19-15-14(17-16(20)18-15)12-8-4-5-9-13(12)21-10-11-6-2-1-3-7-11/h1-9,14H,10H2,(H2,17,18,19,20)/t14-/m1/s1. The second kappa shape index (κ2) is 5.66. The smallest absolute Gasteiger partial charge is 0.322 e. The predicted octanol–water partition coefficient (Wildman–Crippen LogP) is 2.15. The summed E-state index contributed by atoms with van der Waals surface area (Å²) in [7, 11) is 0. The van der Waals surface area contributed by atoms with Crippen LogP contribution in [0.4, 0.5) is 4.79 Å². The van der Waals surface area contributed by atoms with Gasteiger partial charge in [0.05, 0.1) is 0 Å². The molecule has 1 saturated heterocycles. The second-order valence-corrected chi connectivity index (χ2v) is 4.71. The molecule has 1 heterocycles. The number of rotatable bonds is 4. The lowest BCUT2D eigenvalue weighted by Gasteiger charge is -2.14. The number of ether oxygens (including phenoxy) is 1. The van der Waals surface area contributed by atoms with Crippen LogP contribution < -0.4 is 15.4 Å². The zero-order valence-electron chi connectivity index (χ0n) is 11.2. The van der Waals surface area contributed by atoms with Crippen molar-refractivity contribution in [3.8, 4) is 5.75 Å². The molecule has 0 aromatic heterocycles. The summed E-state index contributed by atoms with van der Waals surface area (Å²) >= 11 is 0. The number of urea groups is 1. The van der Waals surface area contributed by atoms with Gasteiger partial charge in [0.1, 0.15) is 18.4 Å². The Balaban J connectivity index is 1.80. The fourth-order valence-corrected chi connectivity index (χ4v) is 2.22. The molecule has 2 N–H and O–H groups in total. The molecule has 0 bridgehead atoms. The minimum absolute atomic E-state index is 0.365. The van der Waals surface area contributed by atoms with Gasteiger partial charge in [0.15, 0.2) is 0 Å². The van der Waals surface area contributed by atoms with E-state index >= 15 is 0 Å². The summed E-state index contributed by atoms with van der Waals surface area (Å²) in [5, 5.41) is 4.80. The second-order valence-electron chi connectivity index (χ2n) is 4.71. The molecule has 106 valence electrons. The molecular formula is C16H14N2O3. The minimum atomic E-state index is -0.704. The van der Waals surface area contributed by atoms with Crippen molar-refractivity contribution in [2.24, 2.45) is 0 Å². The van der Waals surface area contributed by atoms with E-state index in [0.717, 1.165) is 5.56 Å². The van der Waals surface area contributed by atoms with Crippen LogP contribution in [0.3, 0.4) is 0 Å². The number of imide groups is 1. The van der Waals surface area contributed by atoms with E-state index in [-0.39, 0.29) is 5.91 Å². The van der Waals surface area contributed by atoms with Crippen LogP contribution in [0.2, 0.25) is 0 Å². The largest absolute Gasteiger partial charge is 0.489 e. The third-order valence-corrected chi connectivity index (χ3v) is 3.24. The molecule has 5 heteroatoms. The molecule has 3 amide bonds. The van der Waals surface area contributed by atoms with Crippen molar-refractivity contribution < 1.29 is 14.3 Å². The zero-order chi connectivity index (χ0) is 14.7. The molecule has 5 nitrogen and oxygen atoms in total. The van der Waals surface area contributed by atoms with E-state index in [9.17, 15) is 9.59 Å². The Morgan fingerprint density at radius 1 is 0.952 bits per heavy atom. The highest BCUT2D eigenvalue weighted by molar-refractivity contribution is 6.04. The van der Waals surface area contributed by atoms with Gasteiger partial charge in [-0.2, -0.15) is 0 Å². The quantitative estimate of drug-likeness (QED) is 0.844. The van der Waals surface area contributed by atoms with Gasteiger partial charge in [-0.1, -0.05) is 48.5 Å². The van der Waals surface area contributed by atoms with E-state index in [1.807, 2.05) is 42.5 Å². The normalized spacial score (nSPS) is 17.2. The van der Waals surface area contributed by atoms with Gasteiger partial charge in [-0.3, -0.25) is 10.1 Å². The van der Waals surface area contributed by atoms with Gasteiger partial charge in [-0.05, 0) is 11.6 Å². The first-order valence-corrected chi connectivity index (χ1v) is 6.61. The molecule has 0 saturated carbocycles. The van der Waals surface area contributed by atoms with Crippen LogP contribution in [0.25, 0.3) is 0 Å². The minimum Gasteiger partial charge on any atom is -0.489 e. The molecule has 21 heavy (non-hydrogen) atoms. The van der Waals surface area contributed by atoms with Crippen LogP contribution in [0.5, 0.6) is 5.75 Å². The Morgan fingerprint density at radius 3 is 2.38 bits per heavy atom. The van der Waals surface area contributed by atoms with E-state index in [1.54, 1.807) is 12.1 Å². The van der Waals surface area contributed by atoms with Crippen LogP contribution in [-0.2, 0) is 11.4 Å². The van der Waals surface area contributed by atoms with Crippen LogP contribution in [0.1, 0.15) is 17.2 Å². The number of amides is 3. The Hall–Kier alpha value is -2.82. The van der Waals surface area contributed by atoms with Crippen molar-refractivity contribution in [2.45, 2.75) is 12.6 Å². The number of benzene rings is 2. The first-order valence-electron chi connectivity index (χ1n) is 6.61. The van der Waals surface area contributed by atoms with Gasteiger partial charge in [0.25, 0.3) is 5.91 Å². The molecule has 1 aliphatic rings. The monoisotopic (exact) mass is 282 g/mol. The molecular weight excluding hydrogens is 268 g/mol. The number of carbonyl (C=O) groups excluding carboxylic acids is 2. The highest BCUT2D eigenvalue weighted by Gasteiger charge is 2.32. The highest BCUT2D eigenvalue weighted by atomic mass is 16.5. The summed E-state index contributed by atoms with van der Waals surface area (Å²) in [5.74, 6) is 0.222. The van der Waals surface area contributed by atoms with Crippen LogP contribution >= 0.6 is 0 Å². The summed E-state index contributed by atoms with van der Waals surface area (Å²) in [6.07, 6.45) is 0. The third kappa shape index (κ3) is 2.86. The maximum atomic E-state index is 11.8. The van der Waals surface area contributed by atoms with E-state index in [2.05, 4.69) is 10.6 Å². The molecule has 1 aliphatic heterocycles. The molecule has 2 aromatic rings. The van der Waals surface area contributed by atoms with E-state index < -0.39 is 12.1 Å². The lowest BCUT2D eigenvalue weighted by molar-refractivity contribution is -0.120. The first-order chi connectivity index (χ1) is 10.2. The van der Waals surface area contributed by atoms with Crippen molar-refractivity contribution in [2.75, 3.05) is 0 Å². The molecule has 1 atom stereocenters. The van der Waals surface area contributed by atoms with Crippen LogP contribution in [0, 0.1) is 0 Å².